The van der Waals surface area contributed by atoms with Crippen LogP contribution in [0.5, 0.6) is 5.88 Å². The zero-order chi connectivity index (χ0) is 13.7. The lowest BCUT2D eigenvalue weighted by Gasteiger charge is -2.08. The molecule has 0 aliphatic carbocycles. The fourth-order valence-electron chi connectivity index (χ4n) is 1.46. The number of hydrogen-bond donors (Lipinski definition) is 2. The van der Waals surface area contributed by atoms with Gasteiger partial charge in [0.15, 0.2) is 0 Å². The fraction of sp³-hybridized carbons (Fsp3) is 0.0769. The number of rotatable bonds is 3. The minimum Gasteiger partial charge on any atom is -0.481 e. The number of carbonyl (C=O) groups excluding carboxylic acids is 1. The van der Waals surface area contributed by atoms with Crippen LogP contribution in [0.3, 0.4) is 0 Å². The van der Waals surface area contributed by atoms with Crippen LogP contribution in [0.4, 0.5) is 16.2 Å². The Balaban J connectivity index is 2.01. The van der Waals surface area contributed by atoms with Crippen molar-refractivity contribution in [3.63, 3.8) is 0 Å². The third-order valence-corrected chi connectivity index (χ3v) is 2.52. The van der Waals surface area contributed by atoms with Gasteiger partial charge in [0.25, 0.3) is 0 Å². The molecule has 2 amide bonds. The van der Waals surface area contributed by atoms with Gasteiger partial charge in [-0.1, -0.05) is 17.7 Å². The Bertz CT molecular complexity index is 590. The van der Waals surface area contributed by atoms with E-state index in [1.165, 1.54) is 7.11 Å². The lowest BCUT2D eigenvalue weighted by Crippen LogP contribution is -2.19. The Kier molecular flexibility index (Phi) is 4.20. The van der Waals surface area contributed by atoms with Crippen LogP contribution in [0.2, 0.25) is 5.02 Å². The lowest BCUT2D eigenvalue weighted by molar-refractivity contribution is 0.262. The van der Waals surface area contributed by atoms with Gasteiger partial charge in [-0.15, -0.1) is 0 Å². The second kappa shape index (κ2) is 6.06. The first-order valence-electron chi connectivity index (χ1n) is 5.51. The van der Waals surface area contributed by atoms with E-state index in [1.54, 1.807) is 42.6 Å². The molecule has 19 heavy (non-hydrogen) atoms. The Hall–Kier alpha value is -2.27. The van der Waals surface area contributed by atoms with Gasteiger partial charge in [0.2, 0.25) is 5.88 Å². The van der Waals surface area contributed by atoms with E-state index in [4.69, 9.17) is 16.3 Å². The van der Waals surface area contributed by atoms with Crippen LogP contribution >= 0.6 is 11.6 Å². The maximum Gasteiger partial charge on any atom is 0.323 e. The fourth-order valence-corrected chi connectivity index (χ4v) is 1.65. The molecule has 2 aromatic rings. The standard InChI is InChI=1S/C13H12ClN3O2/c1-19-12-8-11(5-6-15-12)17-13(18)16-10-4-2-3-9(14)7-10/h2-8H,1H3,(H2,15,16,17,18). The van der Waals surface area contributed by atoms with Crippen LogP contribution in [-0.2, 0) is 0 Å². The summed E-state index contributed by atoms with van der Waals surface area (Å²) < 4.78 is 4.97. The Morgan fingerprint density at radius 2 is 1.95 bits per heavy atom. The van der Waals surface area contributed by atoms with Crippen LogP contribution in [0.1, 0.15) is 0 Å². The van der Waals surface area contributed by atoms with Crippen molar-refractivity contribution >= 4 is 29.0 Å². The van der Waals surface area contributed by atoms with Gasteiger partial charge in [0, 0.05) is 28.7 Å². The number of urea groups is 1. The van der Waals surface area contributed by atoms with Crippen molar-refractivity contribution in [3.8, 4) is 5.88 Å². The molecule has 1 heterocycles. The monoisotopic (exact) mass is 277 g/mol. The van der Waals surface area contributed by atoms with E-state index in [9.17, 15) is 4.79 Å². The van der Waals surface area contributed by atoms with Gasteiger partial charge in [0.1, 0.15) is 0 Å². The molecular weight excluding hydrogens is 266 g/mol. The molecule has 0 unspecified atom stereocenters. The van der Waals surface area contributed by atoms with E-state index >= 15 is 0 Å². The molecule has 0 spiro atoms. The first-order chi connectivity index (χ1) is 9.17. The summed E-state index contributed by atoms with van der Waals surface area (Å²) >= 11 is 5.83. The van der Waals surface area contributed by atoms with Crippen LogP contribution in [0, 0.1) is 0 Å². The first kappa shape index (κ1) is 13.2. The van der Waals surface area contributed by atoms with E-state index in [0.717, 1.165) is 0 Å². The quantitative estimate of drug-likeness (QED) is 0.904. The van der Waals surface area contributed by atoms with Gasteiger partial charge in [0.05, 0.1) is 7.11 Å². The first-order valence-corrected chi connectivity index (χ1v) is 5.89. The van der Waals surface area contributed by atoms with Gasteiger partial charge in [-0.2, -0.15) is 0 Å². The molecule has 0 aliphatic heterocycles. The molecule has 0 saturated carbocycles. The summed E-state index contributed by atoms with van der Waals surface area (Å²) in [5.74, 6) is 0.431. The summed E-state index contributed by atoms with van der Waals surface area (Å²) in [6, 6.07) is 9.83. The number of hydrogen-bond acceptors (Lipinski definition) is 3. The number of nitrogens with one attached hydrogen (secondary N) is 2. The molecule has 0 fully saturated rings. The smallest absolute Gasteiger partial charge is 0.323 e. The van der Waals surface area contributed by atoms with Crippen molar-refractivity contribution in [2.75, 3.05) is 17.7 Å². The summed E-state index contributed by atoms with van der Waals surface area (Å²) in [6.45, 7) is 0. The van der Waals surface area contributed by atoms with Gasteiger partial charge in [-0.3, -0.25) is 0 Å². The molecule has 0 saturated heterocycles. The zero-order valence-corrected chi connectivity index (χ0v) is 10.9. The number of nitrogens with zero attached hydrogens (tertiary/aromatic N) is 1. The number of pyridine rings is 1. The SMILES string of the molecule is COc1cc(NC(=O)Nc2cccc(Cl)c2)ccn1. The third kappa shape index (κ3) is 3.86. The number of ether oxygens (including phenoxy) is 1. The number of anilines is 2. The van der Waals surface area contributed by atoms with Crippen molar-refractivity contribution < 1.29 is 9.53 Å². The molecule has 0 atom stereocenters. The predicted octanol–water partition coefficient (Wildman–Crippen LogP) is 3.39. The molecule has 1 aromatic carbocycles. The maximum atomic E-state index is 11.8. The lowest BCUT2D eigenvalue weighted by atomic mass is 10.3. The normalized spacial score (nSPS) is 9.79. The molecule has 98 valence electrons. The number of benzene rings is 1. The second-order valence-electron chi connectivity index (χ2n) is 3.68. The van der Waals surface area contributed by atoms with Crippen LogP contribution in [-0.4, -0.2) is 18.1 Å². The Morgan fingerprint density at radius 1 is 1.21 bits per heavy atom. The number of aromatic nitrogens is 1. The van der Waals surface area contributed by atoms with Gasteiger partial charge >= 0.3 is 6.03 Å². The van der Waals surface area contributed by atoms with E-state index in [1.807, 2.05) is 0 Å². The van der Waals surface area contributed by atoms with Crippen molar-refractivity contribution in [2.24, 2.45) is 0 Å². The molecule has 5 nitrogen and oxygen atoms in total. The molecule has 0 aliphatic rings. The van der Waals surface area contributed by atoms with Gasteiger partial charge in [-0.05, 0) is 24.3 Å². The molecule has 0 radical (unpaired) electrons. The highest BCUT2D eigenvalue weighted by Gasteiger charge is 2.04. The van der Waals surface area contributed by atoms with E-state index < -0.39 is 0 Å². The van der Waals surface area contributed by atoms with Crippen LogP contribution < -0.4 is 15.4 Å². The van der Waals surface area contributed by atoms with E-state index in [-0.39, 0.29) is 6.03 Å². The second-order valence-corrected chi connectivity index (χ2v) is 4.11. The van der Waals surface area contributed by atoms with E-state index in [2.05, 4.69) is 15.6 Å². The number of methoxy groups -OCH3 is 1. The van der Waals surface area contributed by atoms with Gasteiger partial charge < -0.3 is 15.4 Å². The summed E-state index contributed by atoms with van der Waals surface area (Å²) in [5, 5.41) is 5.90. The van der Waals surface area contributed by atoms with Crippen molar-refractivity contribution in [1.82, 2.24) is 4.98 Å². The minimum absolute atomic E-state index is 0.365. The highest BCUT2D eigenvalue weighted by molar-refractivity contribution is 6.30. The molecule has 1 aromatic heterocycles. The average molecular weight is 278 g/mol. The number of halogens is 1. The zero-order valence-electron chi connectivity index (χ0n) is 10.2. The number of carbonyl (C=O) groups is 1. The topological polar surface area (TPSA) is 63.2 Å². The highest BCUT2D eigenvalue weighted by atomic mass is 35.5. The molecule has 2 rings (SSSR count). The summed E-state index contributed by atoms with van der Waals surface area (Å²) in [7, 11) is 1.51. The summed E-state index contributed by atoms with van der Waals surface area (Å²) in [6.07, 6.45) is 1.55. The average Bonchev–Trinajstić information content (AvgIpc) is 2.38. The predicted molar refractivity (Wildman–Crippen MR) is 74.9 cm³/mol. The molecule has 0 bridgehead atoms. The number of amides is 2. The van der Waals surface area contributed by atoms with Crippen molar-refractivity contribution in [1.29, 1.82) is 0 Å². The summed E-state index contributed by atoms with van der Waals surface area (Å²) in [4.78, 5) is 15.7. The molecule has 6 heteroatoms. The maximum absolute atomic E-state index is 11.8. The van der Waals surface area contributed by atoms with Crippen LogP contribution in [0.15, 0.2) is 42.6 Å². The summed E-state index contributed by atoms with van der Waals surface area (Å²) in [5.41, 5.74) is 1.21. The molecule has 2 N–H and O–H groups in total. The van der Waals surface area contributed by atoms with Crippen LogP contribution in [0.25, 0.3) is 0 Å². The minimum atomic E-state index is -0.365. The highest BCUT2D eigenvalue weighted by Crippen LogP contribution is 2.16. The van der Waals surface area contributed by atoms with Crippen molar-refractivity contribution in [2.45, 2.75) is 0 Å². The van der Waals surface area contributed by atoms with Crippen molar-refractivity contribution in [3.05, 3.63) is 47.6 Å². The Morgan fingerprint density at radius 3 is 2.63 bits per heavy atom. The largest absolute Gasteiger partial charge is 0.481 e. The van der Waals surface area contributed by atoms with Gasteiger partial charge in [-0.25, -0.2) is 9.78 Å². The van der Waals surface area contributed by atoms with E-state index in [0.29, 0.717) is 22.3 Å². The third-order valence-electron chi connectivity index (χ3n) is 2.28. The Labute approximate surface area is 115 Å². The molecular formula is C13H12ClN3O2.